The van der Waals surface area contributed by atoms with Crippen molar-refractivity contribution in [2.45, 2.75) is 6.29 Å². The Labute approximate surface area is 105 Å². The van der Waals surface area contributed by atoms with E-state index in [4.69, 9.17) is 33.1 Å². The zero-order chi connectivity index (χ0) is 12.6. The van der Waals surface area contributed by atoms with Crippen LogP contribution in [0.2, 0.25) is 0 Å². The molecule has 98 valence electrons. The van der Waals surface area contributed by atoms with E-state index < -0.39 is 16.4 Å². The van der Waals surface area contributed by atoms with Crippen molar-refractivity contribution in [2.24, 2.45) is 0 Å². The van der Waals surface area contributed by atoms with Crippen LogP contribution >= 0.6 is 23.2 Å². The Morgan fingerprint density at radius 1 is 1.31 bits per heavy atom. The lowest BCUT2D eigenvalue weighted by Gasteiger charge is -2.21. The third-order valence-electron chi connectivity index (χ3n) is 1.35. The van der Waals surface area contributed by atoms with Crippen molar-refractivity contribution in [1.29, 1.82) is 0 Å². The number of rotatable bonds is 9. The average molecular weight is 296 g/mol. The van der Waals surface area contributed by atoms with Gasteiger partial charge in [-0.25, -0.2) is 4.18 Å². The molecule has 0 saturated carbocycles. The van der Waals surface area contributed by atoms with Gasteiger partial charge in [-0.2, -0.15) is 13.5 Å². The zero-order valence-electron chi connectivity index (χ0n) is 8.80. The van der Waals surface area contributed by atoms with E-state index in [2.05, 4.69) is 4.18 Å². The Morgan fingerprint density at radius 2 is 1.81 bits per heavy atom. The molecule has 0 aromatic rings. The van der Waals surface area contributed by atoms with Crippen LogP contribution in [0.1, 0.15) is 0 Å². The lowest BCUT2D eigenvalue weighted by Crippen LogP contribution is -2.33. The predicted molar refractivity (Wildman–Crippen MR) is 60.9 cm³/mol. The van der Waals surface area contributed by atoms with E-state index in [0.29, 0.717) is 24.8 Å². The Bertz CT molecular complexity index is 268. The second-order valence-electron chi connectivity index (χ2n) is 2.86. The number of aliphatic hydroxyl groups excluding tert-OH is 1. The first-order chi connectivity index (χ1) is 7.39. The molecule has 0 aliphatic heterocycles. The molecule has 1 atom stereocenters. The summed E-state index contributed by atoms with van der Waals surface area (Å²) < 4.78 is 25.5. The molecule has 16 heavy (non-hydrogen) atoms. The highest BCUT2D eigenvalue weighted by molar-refractivity contribution is 7.86. The van der Waals surface area contributed by atoms with Crippen LogP contribution in [0, 0.1) is 0 Å². The average Bonchev–Trinajstić information content (AvgIpc) is 2.12. The van der Waals surface area contributed by atoms with E-state index in [1.165, 1.54) is 5.06 Å². The second kappa shape index (κ2) is 8.46. The molecule has 0 fully saturated rings. The van der Waals surface area contributed by atoms with Crippen LogP contribution in [-0.2, 0) is 19.1 Å². The molecule has 0 rings (SSSR count). The van der Waals surface area contributed by atoms with Crippen molar-refractivity contribution in [1.82, 2.24) is 5.06 Å². The molecule has 0 spiro atoms. The van der Waals surface area contributed by atoms with Crippen LogP contribution in [0.25, 0.3) is 0 Å². The van der Waals surface area contributed by atoms with Gasteiger partial charge in [-0.3, -0.25) is 4.84 Å². The van der Waals surface area contributed by atoms with Crippen molar-refractivity contribution in [2.75, 3.05) is 37.7 Å². The van der Waals surface area contributed by atoms with Crippen LogP contribution < -0.4 is 0 Å². The van der Waals surface area contributed by atoms with Crippen LogP contribution in [0.15, 0.2) is 0 Å². The first-order valence-corrected chi connectivity index (χ1v) is 7.33. The summed E-state index contributed by atoms with van der Waals surface area (Å²) in [5, 5.41) is 10.6. The van der Waals surface area contributed by atoms with Gasteiger partial charge in [0.25, 0.3) is 10.1 Å². The topological polar surface area (TPSA) is 76.1 Å². The van der Waals surface area contributed by atoms with E-state index in [-0.39, 0.29) is 6.61 Å². The summed E-state index contributed by atoms with van der Waals surface area (Å²) >= 11 is 11.0. The van der Waals surface area contributed by atoms with Gasteiger partial charge < -0.3 is 5.11 Å². The highest BCUT2D eigenvalue weighted by atomic mass is 35.5. The minimum absolute atomic E-state index is 0.305. The van der Waals surface area contributed by atoms with Gasteiger partial charge in [0.1, 0.15) is 6.61 Å². The Hall–Kier alpha value is 0.370. The SMILES string of the molecule is CS(=O)(=O)OC(O)CON(CCCl)CCCl. The minimum Gasteiger partial charge on any atom is -0.365 e. The van der Waals surface area contributed by atoms with E-state index in [1.807, 2.05) is 0 Å². The fraction of sp³-hybridized carbons (Fsp3) is 1.00. The fourth-order valence-electron chi connectivity index (χ4n) is 0.828. The van der Waals surface area contributed by atoms with E-state index in [1.54, 1.807) is 0 Å². The first-order valence-electron chi connectivity index (χ1n) is 4.45. The highest BCUT2D eigenvalue weighted by Crippen LogP contribution is 1.99. The maximum Gasteiger partial charge on any atom is 0.266 e. The Balaban J connectivity index is 3.90. The van der Waals surface area contributed by atoms with Crippen LogP contribution in [0.4, 0.5) is 0 Å². The summed E-state index contributed by atoms with van der Waals surface area (Å²) in [4.78, 5) is 5.06. The van der Waals surface area contributed by atoms with Gasteiger partial charge >= 0.3 is 0 Å². The monoisotopic (exact) mass is 295 g/mol. The molecular formula is C7H15Cl2NO5S. The van der Waals surface area contributed by atoms with Crippen molar-refractivity contribution >= 4 is 33.3 Å². The summed E-state index contributed by atoms with van der Waals surface area (Å²) in [7, 11) is -3.70. The van der Waals surface area contributed by atoms with Gasteiger partial charge in [0.2, 0.25) is 0 Å². The summed E-state index contributed by atoms with van der Waals surface area (Å²) in [6.45, 7) is 0.528. The third-order valence-corrected chi connectivity index (χ3v) is 2.26. The second-order valence-corrected chi connectivity index (χ2v) is 5.21. The standard InChI is InChI=1S/C7H15Cl2NO5S/c1-16(12,13)15-7(11)6-14-10(4-2-8)5-3-9/h7,11H,2-6H2,1H3. The molecule has 0 aromatic carbocycles. The molecule has 0 aliphatic rings. The molecular weight excluding hydrogens is 281 g/mol. The van der Waals surface area contributed by atoms with Crippen molar-refractivity contribution in [3.63, 3.8) is 0 Å². The van der Waals surface area contributed by atoms with E-state index in [0.717, 1.165) is 6.26 Å². The van der Waals surface area contributed by atoms with Crippen LogP contribution in [0.3, 0.4) is 0 Å². The zero-order valence-corrected chi connectivity index (χ0v) is 11.1. The normalized spacial score (nSPS) is 14.3. The van der Waals surface area contributed by atoms with E-state index >= 15 is 0 Å². The van der Waals surface area contributed by atoms with Crippen LogP contribution in [-0.4, -0.2) is 62.6 Å². The molecule has 0 saturated heterocycles. The molecule has 1 N–H and O–H groups in total. The maximum absolute atomic E-state index is 10.6. The Morgan fingerprint density at radius 3 is 2.19 bits per heavy atom. The van der Waals surface area contributed by atoms with Gasteiger partial charge in [-0.15, -0.1) is 23.2 Å². The quantitative estimate of drug-likeness (QED) is 0.279. The number of nitrogens with zero attached hydrogens (tertiary/aromatic N) is 1. The van der Waals surface area contributed by atoms with Crippen LogP contribution in [0.5, 0.6) is 0 Å². The fourth-order valence-corrected chi connectivity index (χ4v) is 1.66. The first kappa shape index (κ1) is 16.4. The lowest BCUT2D eigenvalue weighted by molar-refractivity contribution is -0.199. The molecule has 0 aliphatic carbocycles. The Kier molecular flexibility index (Phi) is 8.65. The predicted octanol–water partition coefficient (Wildman–Crippen LogP) is -0.00780. The van der Waals surface area contributed by atoms with Gasteiger partial charge in [-0.05, 0) is 0 Å². The molecule has 0 heterocycles. The van der Waals surface area contributed by atoms with Gasteiger partial charge in [-0.1, -0.05) is 0 Å². The summed E-state index contributed by atoms with van der Waals surface area (Å²) in [6, 6.07) is 0. The van der Waals surface area contributed by atoms with Gasteiger partial charge in [0, 0.05) is 24.8 Å². The third kappa shape index (κ3) is 9.59. The number of alkyl halides is 2. The molecule has 0 radical (unpaired) electrons. The highest BCUT2D eigenvalue weighted by Gasteiger charge is 2.14. The number of hydrogen-bond donors (Lipinski definition) is 1. The largest absolute Gasteiger partial charge is 0.365 e. The van der Waals surface area contributed by atoms with Crippen molar-refractivity contribution in [3.8, 4) is 0 Å². The number of hydrogen-bond acceptors (Lipinski definition) is 6. The molecule has 9 heteroatoms. The smallest absolute Gasteiger partial charge is 0.266 e. The maximum atomic E-state index is 10.6. The van der Waals surface area contributed by atoms with E-state index in [9.17, 15) is 8.42 Å². The summed E-state index contributed by atoms with van der Waals surface area (Å²) in [6.07, 6.45) is -0.700. The number of halogens is 2. The lowest BCUT2D eigenvalue weighted by atomic mass is 10.6. The molecule has 0 amide bonds. The molecule has 0 bridgehead atoms. The molecule has 1 unspecified atom stereocenters. The summed E-state index contributed by atoms with van der Waals surface area (Å²) in [5.41, 5.74) is 0. The summed E-state index contributed by atoms with van der Waals surface area (Å²) in [5.74, 6) is 0.667. The van der Waals surface area contributed by atoms with Gasteiger partial charge in [0.15, 0.2) is 6.29 Å². The number of hydroxylamine groups is 2. The minimum atomic E-state index is -3.70. The van der Waals surface area contributed by atoms with Crippen molar-refractivity contribution in [3.05, 3.63) is 0 Å². The van der Waals surface area contributed by atoms with Crippen molar-refractivity contribution < 1.29 is 22.5 Å². The molecule has 6 nitrogen and oxygen atoms in total. The molecule has 0 aromatic heterocycles. The number of aliphatic hydroxyl groups is 1. The van der Waals surface area contributed by atoms with Gasteiger partial charge in [0.05, 0.1) is 6.26 Å².